The van der Waals surface area contributed by atoms with Crippen LogP contribution < -0.4 is 4.74 Å². The third-order valence-electron chi connectivity index (χ3n) is 0.964. The van der Waals surface area contributed by atoms with Gasteiger partial charge in [-0.1, -0.05) is 11.7 Å². The van der Waals surface area contributed by atoms with E-state index in [9.17, 15) is 4.79 Å². The monoisotopic (exact) mass is 170 g/mol. The first kappa shape index (κ1) is 8.25. The van der Waals surface area contributed by atoms with Crippen LogP contribution in [0.5, 0.6) is 6.08 Å². The van der Waals surface area contributed by atoms with Gasteiger partial charge < -0.3 is 9.84 Å². The molecule has 1 aromatic heterocycles. The topological polar surface area (TPSA) is 85.5 Å². The van der Waals surface area contributed by atoms with Crippen LogP contribution >= 0.6 is 0 Å². The lowest BCUT2D eigenvalue weighted by Crippen LogP contribution is -2.02. The molecular formula is C6H6N2O4. The predicted octanol–water partition coefficient (Wildman–Crippen LogP) is 1.16. The Morgan fingerprint density at radius 1 is 1.75 bits per heavy atom. The van der Waals surface area contributed by atoms with Crippen LogP contribution in [0.4, 0.5) is 4.79 Å². The van der Waals surface area contributed by atoms with Crippen molar-refractivity contribution in [3.05, 3.63) is 12.4 Å². The number of aromatic nitrogens is 2. The molecule has 0 aliphatic rings. The van der Waals surface area contributed by atoms with E-state index in [0.29, 0.717) is 5.57 Å². The van der Waals surface area contributed by atoms with E-state index in [1.54, 1.807) is 6.92 Å². The van der Waals surface area contributed by atoms with Crippen molar-refractivity contribution in [3.8, 4) is 6.08 Å². The molecule has 0 aromatic carbocycles. The molecule has 6 nitrogen and oxygen atoms in total. The lowest BCUT2D eigenvalue weighted by molar-refractivity contribution is 0.125. The summed E-state index contributed by atoms with van der Waals surface area (Å²) in [5.74, 6) is 0.228. The summed E-state index contributed by atoms with van der Waals surface area (Å²) >= 11 is 0. The van der Waals surface area contributed by atoms with E-state index in [2.05, 4.69) is 26.0 Å². The molecule has 0 spiro atoms. The summed E-state index contributed by atoms with van der Waals surface area (Å²) in [6, 6.07) is 0. The Balaban J connectivity index is 2.77. The lowest BCUT2D eigenvalue weighted by Gasteiger charge is -1.86. The zero-order chi connectivity index (χ0) is 9.14. The third-order valence-corrected chi connectivity index (χ3v) is 0.964. The van der Waals surface area contributed by atoms with Crippen LogP contribution in [0.3, 0.4) is 0 Å². The van der Waals surface area contributed by atoms with Gasteiger partial charge in [-0.15, -0.1) is 0 Å². The van der Waals surface area contributed by atoms with Crippen LogP contribution in [0.1, 0.15) is 12.7 Å². The first-order valence-electron chi connectivity index (χ1n) is 3.00. The Morgan fingerprint density at radius 3 is 2.83 bits per heavy atom. The Bertz CT molecular complexity index is 317. The number of hydrogen-bond donors (Lipinski definition) is 1. The molecule has 0 bridgehead atoms. The number of ether oxygens (including phenoxy) is 1. The highest BCUT2D eigenvalue weighted by Gasteiger charge is 2.10. The SMILES string of the molecule is C=C(C)c1noc(OC(=O)O)n1. The molecule has 0 aliphatic heterocycles. The summed E-state index contributed by atoms with van der Waals surface area (Å²) in [7, 11) is 0. The quantitative estimate of drug-likeness (QED) is 0.670. The van der Waals surface area contributed by atoms with Crippen molar-refractivity contribution in [1.29, 1.82) is 0 Å². The van der Waals surface area contributed by atoms with Crippen LogP contribution in [0.15, 0.2) is 11.1 Å². The van der Waals surface area contributed by atoms with Crippen molar-refractivity contribution in [2.75, 3.05) is 0 Å². The molecule has 1 heterocycles. The van der Waals surface area contributed by atoms with Crippen molar-refractivity contribution in [1.82, 2.24) is 10.1 Å². The first-order chi connectivity index (χ1) is 5.59. The molecule has 0 amide bonds. The van der Waals surface area contributed by atoms with Gasteiger partial charge in [0.1, 0.15) is 0 Å². The molecule has 1 rings (SSSR count). The number of carboxylic acid groups (broad SMARTS) is 1. The fourth-order valence-corrected chi connectivity index (χ4v) is 0.499. The van der Waals surface area contributed by atoms with Crippen LogP contribution in [0.25, 0.3) is 5.57 Å². The molecule has 1 N–H and O–H groups in total. The molecule has 6 heteroatoms. The van der Waals surface area contributed by atoms with Crippen LogP contribution in [0.2, 0.25) is 0 Å². The average Bonchev–Trinajstić information content (AvgIpc) is 2.34. The molecule has 64 valence electrons. The second-order valence-corrected chi connectivity index (χ2v) is 2.03. The van der Waals surface area contributed by atoms with Gasteiger partial charge in [-0.3, -0.25) is 4.52 Å². The minimum absolute atomic E-state index is 0.228. The Hall–Kier alpha value is -1.85. The number of rotatable bonds is 2. The van der Waals surface area contributed by atoms with Crippen LogP contribution in [-0.4, -0.2) is 21.4 Å². The van der Waals surface area contributed by atoms with Gasteiger partial charge in [-0.2, -0.15) is 4.98 Å². The highest BCUT2D eigenvalue weighted by molar-refractivity contribution is 5.60. The summed E-state index contributed by atoms with van der Waals surface area (Å²) < 4.78 is 8.49. The fraction of sp³-hybridized carbons (Fsp3) is 0.167. The highest BCUT2D eigenvalue weighted by atomic mass is 16.7. The lowest BCUT2D eigenvalue weighted by atomic mass is 10.3. The maximum absolute atomic E-state index is 9.98. The molecule has 0 saturated carbocycles. The normalized spacial score (nSPS) is 9.42. The summed E-state index contributed by atoms with van der Waals surface area (Å²) in [6.45, 7) is 5.19. The molecular weight excluding hydrogens is 164 g/mol. The second-order valence-electron chi connectivity index (χ2n) is 2.03. The molecule has 0 saturated heterocycles. The van der Waals surface area contributed by atoms with E-state index in [0.717, 1.165) is 0 Å². The van der Waals surface area contributed by atoms with Gasteiger partial charge >= 0.3 is 12.2 Å². The van der Waals surface area contributed by atoms with Gasteiger partial charge in [0, 0.05) is 0 Å². The fourth-order valence-electron chi connectivity index (χ4n) is 0.499. The zero-order valence-electron chi connectivity index (χ0n) is 6.27. The Kier molecular flexibility index (Phi) is 2.09. The van der Waals surface area contributed by atoms with Crippen molar-refractivity contribution in [3.63, 3.8) is 0 Å². The van der Waals surface area contributed by atoms with E-state index in [1.165, 1.54) is 0 Å². The van der Waals surface area contributed by atoms with E-state index in [4.69, 9.17) is 5.11 Å². The van der Waals surface area contributed by atoms with Crippen molar-refractivity contribution >= 4 is 11.7 Å². The number of allylic oxidation sites excluding steroid dienone is 1. The minimum Gasteiger partial charge on any atom is -0.449 e. The number of hydrogen-bond acceptors (Lipinski definition) is 5. The smallest absolute Gasteiger partial charge is 0.449 e. The van der Waals surface area contributed by atoms with Gasteiger partial charge in [-0.25, -0.2) is 4.79 Å². The predicted molar refractivity (Wildman–Crippen MR) is 37.7 cm³/mol. The maximum atomic E-state index is 9.98. The number of nitrogens with zero attached hydrogens (tertiary/aromatic N) is 2. The largest absolute Gasteiger partial charge is 0.514 e. The Labute approximate surface area is 67.5 Å². The zero-order valence-corrected chi connectivity index (χ0v) is 6.27. The van der Waals surface area contributed by atoms with Crippen molar-refractivity contribution in [2.24, 2.45) is 0 Å². The molecule has 0 fully saturated rings. The summed E-state index contributed by atoms with van der Waals surface area (Å²) in [5, 5.41) is 11.5. The first-order valence-corrected chi connectivity index (χ1v) is 3.00. The summed E-state index contributed by atoms with van der Waals surface area (Å²) in [4.78, 5) is 13.5. The van der Waals surface area contributed by atoms with E-state index in [1.807, 2.05) is 0 Å². The van der Waals surface area contributed by atoms with Gasteiger partial charge in [0.25, 0.3) is 0 Å². The molecule has 1 aromatic rings. The minimum atomic E-state index is -1.49. The van der Waals surface area contributed by atoms with Crippen LogP contribution in [0, 0.1) is 0 Å². The van der Waals surface area contributed by atoms with E-state index >= 15 is 0 Å². The van der Waals surface area contributed by atoms with E-state index in [-0.39, 0.29) is 5.82 Å². The molecule has 0 unspecified atom stereocenters. The summed E-state index contributed by atoms with van der Waals surface area (Å²) in [5.41, 5.74) is 0.569. The second kappa shape index (κ2) is 3.04. The number of carbonyl (C=O) groups is 1. The highest BCUT2D eigenvalue weighted by Crippen LogP contribution is 2.11. The summed E-state index contributed by atoms with van der Waals surface area (Å²) in [6.07, 6.45) is -1.90. The average molecular weight is 170 g/mol. The third kappa shape index (κ3) is 1.82. The Morgan fingerprint density at radius 2 is 2.42 bits per heavy atom. The van der Waals surface area contributed by atoms with Crippen molar-refractivity contribution < 1.29 is 19.2 Å². The van der Waals surface area contributed by atoms with Gasteiger partial charge in [0.2, 0.25) is 5.82 Å². The maximum Gasteiger partial charge on any atom is 0.514 e. The van der Waals surface area contributed by atoms with Gasteiger partial charge in [0.05, 0.1) is 0 Å². The molecule has 12 heavy (non-hydrogen) atoms. The standard InChI is InChI=1S/C6H6N2O4/c1-3(2)4-7-5(12-8-4)11-6(9)10/h1H2,2H3,(H,9,10). The molecule has 0 aliphatic carbocycles. The van der Waals surface area contributed by atoms with Gasteiger partial charge in [0.15, 0.2) is 0 Å². The van der Waals surface area contributed by atoms with E-state index < -0.39 is 12.2 Å². The molecule has 0 atom stereocenters. The molecule has 0 radical (unpaired) electrons. The van der Waals surface area contributed by atoms with Gasteiger partial charge in [-0.05, 0) is 12.5 Å². The van der Waals surface area contributed by atoms with Crippen molar-refractivity contribution in [2.45, 2.75) is 6.92 Å². The van der Waals surface area contributed by atoms with Crippen LogP contribution in [-0.2, 0) is 0 Å².